The third kappa shape index (κ3) is 6.27. The molecule has 0 fully saturated rings. The quantitative estimate of drug-likeness (QED) is 0.255. The molecule has 1 aromatic carbocycles. The molecule has 0 aliphatic carbocycles. The molecule has 0 spiro atoms. The average Bonchev–Trinajstić information content (AvgIpc) is 2.66. The molecule has 0 aliphatic rings. The first-order chi connectivity index (χ1) is 13.9. The summed E-state index contributed by atoms with van der Waals surface area (Å²) in [4.78, 5) is 59.2. The maximum absolute atomic E-state index is 12.2. The van der Waals surface area contributed by atoms with Gasteiger partial charge >= 0.3 is 0 Å². The normalized spacial score (nSPS) is 12.7. The van der Waals surface area contributed by atoms with Crippen LogP contribution in [0.2, 0.25) is 0 Å². The topological polar surface area (TPSA) is 213 Å². The first kappa shape index (κ1) is 24.6. The Kier molecular flexibility index (Phi) is 8.47. The van der Waals surface area contributed by atoms with Crippen LogP contribution in [0, 0.1) is 5.92 Å². The number of carbonyl (C=O) groups excluding carboxylic acids is 5. The van der Waals surface area contributed by atoms with E-state index < -0.39 is 41.6 Å². The van der Waals surface area contributed by atoms with Crippen LogP contribution in [0.1, 0.15) is 57.4 Å². The third-order valence-electron chi connectivity index (χ3n) is 4.51. The van der Waals surface area contributed by atoms with Crippen molar-refractivity contribution in [2.45, 2.75) is 39.3 Å². The van der Waals surface area contributed by atoms with Crippen molar-refractivity contribution >= 4 is 29.5 Å². The van der Waals surface area contributed by atoms with Gasteiger partial charge in [0.1, 0.15) is 6.04 Å². The largest absolute Gasteiger partial charge is 0.366 e. The van der Waals surface area contributed by atoms with Crippen LogP contribution in [0.25, 0.3) is 0 Å². The standard InChI is InChI=1S/C19H28N6O5/c1-8(2)14(20)19(30)25-9(3)18(29)24-5-4-11-12(16(22)27)6-10(15(21)26)7-13(11)17(23)28/h6-9,14H,4-5,20H2,1-3H3,(H2,21,26)(H2,22,27)(H2,23,28)(H,24,29)(H,25,30)/t9-,14-/m1/s1. The van der Waals surface area contributed by atoms with Gasteiger partial charge in [0.25, 0.3) is 0 Å². The van der Waals surface area contributed by atoms with E-state index >= 15 is 0 Å². The predicted octanol–water partition coefficient (Wildman–Crippen LogP) is -1.87. The first-order valence-electron chi connectivity index (χ1n) is 9.26. The molecule has 0 saturated carbocycles. The summed E-state index contributed by atoms with van der Waals surface area (Å²) in [6, 6.07) is 0.737. The Bertz CT molecular complexity index is 832. The van der Waals surface area contributed by atoms with Gasteiger partial charge in [-0.3, -0.25) is 24.0 Å². The Morgan fingerprint density at radius 2 is 1.37 bits per heavy atom. The number of rotatable bonds is 10. The zero-order valence-electron chi connectivity index (χ0n) is 17.2. The summed E-state index contributed by atoms with van der Waals surface area (Å²) in [5.41, 5.74) is 21.5. The number of benzene rings is 1. The van der Waals surface area contributed by atoms with Gasteiger partial charge in [-0.15, -0.1) is 0 Å². The summed E-state index contributed by atoms with van der Waals surface area (Å²) in [5, 5.41) is 5.10. The van der Waals surface area contributed by atoms with Gasteiger partial charge in [-0.2, -0.15) is 0 Å². The summed E-state index contributed by atoms with van der Waals surface area (Å²) in [6.45, 7) is 5.06. The van der Waals surface area contributed by atoms with Crippen LogP contribution in [0.15, 0.2) is 12.1 Å². The van der Waals surface area contributed by atoms with E-state index in [1.165, 1.54) is 19.1 Å². The van der Waals surface area contributed by atoms with E-state index in [0.717, 1.165) is 0 Å². The van der Waals surface area contributed by atoms with E-state index in [2.05, 4.69) is 10.6 Å². The monoisotopic (exact) mass is 420 g/mol. The van der Waals surface area contributed by atoms with E-state index in [1.807, 2.05) is 0 Å². The molecule has 1 rings (SSSR count). The van der Waals surface area contributed by atoms with Gasteiger partial charge in [-0.05, 0) is 37.0 Å². The number of primary amides is 3. The third-order valence-corrected chi connectivity index (χ3v) is 4.51. The van der Waals surface area contributed by atoms with Crippen LogP contribution < -0.4 is 33.6 Å². The Morgan fingerprint density at radius 3 is 1.77 bits per heavy atom. The molecular formula is C19H28N6O5. The van der Waals surface area contributed by atoms with Crippen LogP contribution in [0.4, 0.5) is 0 Å². The number of hydrogen-bond acceptors (Lipinski definition) is 6. The van der Waals surface area contributed by atoms with E-state index in [-0.39, 0.29) is 41.1 Å². The maximum atomic E-state index is 12.2. The fourth-order valence-electron chi connectivity index (χ4n) is 2.66. The van der Waals surface area contributed by atoms with Crippen molar-refractivity contribution in [2.75, 3.05) is 6.54 Å². The molecule has 164 valence electrons. The smallest absolute Gasteiger partial charge is 0.249 e. The SMILES string of the molecule is CC(C)[C@@H](N)C(=O)N[C@H](C)C(=O)NCCc1c(C(N)=O)cc(C(N)=O)cc1C(N)=O. The molecule has 11 nitrogen and oxygen atoms in total. The van der Waals surface area contributed by atoms with Gasteiger partial charge < -0.3 is 33.6 Å². The molecule has 0 radical (unpaired) electrons. The molecule has 0 saturated heterocycles. The highest BCUT2D eigenvalue weighted by Crippen LogP contribution is 2.18. The number of nitrogens with two attached hydrogens (primary N) is 4. The van der Waals surface area contributed by atoms with Crippen molar-refractivity contribution in [1.82, 2.24) is 10.6 Å². The Labute approximate surface area is 173 Å². The molecule has 10 N–H and O–H groups in total. The maximum Gasteiger partial charge on any atom is 0.249 e. The van der Waals surface area contributed by atoms with Crippen LogP contribution in [0.3, 0.4) is 0 Å². The summed E-state index contributed by atoms with van der Waals surface area (Å²) < 4.78 is 0. The second-order valence-corrected chi connectivity index (χ2v) is 7.18. The van der Waals surface area contributed by atoms with Crippen molar-refractivity contribution in [2.24, 2.45) is 28.9 Å². The number of carbonyl (C=O) groups is 5. The van der Waals surface area contributed by atoms with Gasteiger partial charge in [-0.1, -0.05) is 13.8 Å². The van der Waals surface area contributed by atoms with Gasteiger partial charge in [0, 0.05) is 23.2 Å². The fourth-order valence-corrected chi connectivity index (χ4v) is 2.66. The summed E-state index contributed by atoms with van der Waals surface area (Å²) in [7, 11) is 0. The molecular weight excluding hydrogens is 392 g/mol. The minimum atomic E-state index is -0.884. The first-order valence-corrected chi connectivity index (χ1v) is 9.26. The fraction of sp³-hybridized carbons (Fsp3) is 0.421. The van der Waals surface area contributed by atoms with Crippen LogP contribution in [-0.2, 0) is 16.0 Å². The van der Waals surface area contributed by atoms with Crippen LogP contribution >= 0.6 is 0 Å². The molecule has 11 heteroatoms. The lowest BCUT2D eigenvalue weighted by Gasteiger charge is -2.19. The number of nitrogens with one attached hydrogen (secondary N) is 2. The highest BCUT2D eigenvalue weighted by molar-refractivity contribution is 6.05. The molecule has 0 heterocycles. The van der Waals surface area contributed by atoms with E-state index in [1.54, 1.807) is 13.8 Å². The average molecular weight is 420 g/mol. The van der Waals surface area contributed by atoms with Crippen molar-refractivity contribution in [1.29, 1.82) is 0 Å². The molecule has 0 unspecified atom stereocenters. The van der Waals surface area contributed by atoms with Crippen molar-refractivity contribution in [3.05, 3.63) is 34.4 Å². The highest BCUT2D eigenvalue weighted by atomic mass is 16.2. The lowest BCUT2D eigenvalue weighted by atomic mass is 9.94. The van der Waals surface area contributed by atoms with E-state index in [9.17, 15) is 24.0 Å². The molecule has 0 aliphatic heterocycles. The lowest BCUT2D eigenvalue weighted by molar-refractivity contribution is -0.129. The zero-order valence-corrected chi connectivity index (χ0v) is 17.2. The number of amides is 5. The highest BCUT2D eigenvalue weighted by Gasteiger charge is 2.23. The molecule has 0 aromatic heterocycles. The molecule has 30 heavy (non-hydrogen) atoms. The van der Waals surface area contributed by atoms with Gasteiger partial charge in [-0.25, -0.2) is 0 Å². The van der Waals surface area contributed by atoms with Crippen LogP contribution in [0.5, 0.6) is 0 Å². The number of hydrogen-bond donors (Lipinski definition) is 6. The second-order valence-electron chi connectivity index (χ2n) is 7.18. The predicted molar refractivity (Wildman–Crippen MR) is 109 cm³/mol. The zero-order chi connectivity index (χ0) is 23.2. The second kappa shape index (κ2) is 10.3. The minimum Gasteiger partial charge on any atom is -0.366 e. The molecule has 5 amide bonds. The Hall–Kier alpha value is -3.47. The molecule has 1 aromatic rings. The van der Waals surface area contributed by atoms with Gasteiger partial charge in [0.05, 0.1) is 6.04 Å². The van der Waals surface area contributed by atoms with Crippen LogP contribution in [-0.4, -0.2) is 48.2 Å². The summed E-state index contributed by atoms with van der Waals surface area (Å²) in [5.74, 6) is -3.67. The summed E-state index contributed by atoms with van der Waals surface area (Å²) in [6.07, 6.45) is 0.0213. The lowest BCUT2D eigenvalue weighted by Crippen LogP contribution is -2.51. The molecule has 0 bridgehead atoms. The van der Waals surface area contributed by atoms with Crippen molar-refractivity contribution < 1.29 is 24.0 Å². The minimum absolute atomic E-state index is 0.00571. The Balaban J connectivity index is 2.93. The van der Waals surface area contributed by atoms with E-state index in [4.69, 9.17) is 22.9 Å². The summed E-state index contributed by atoms with van der Waals surface area (Å²) >= 11 is 0. The van der Waals surface area contributed by atoms with Crippen molar-refractivity contribution in [3.63, 3.8) is 0 Å². The Morgan fingerprint density at radius 1 is 0.867 bits per heavy atom. The van der Waals surface area contributed by atoms with Crippen molar-refractivity contribution in [3.8, 4) is 0 Å². The molecule has 2 atom stereocenters. The van der Waals surface area contributed by atoms with E-state index in [0.29, 0.717) is 0 Å². The van der Waals surface area contributed by atoms with Gasteiger partial charge in [0.15, 0.2) is 0 Å². The van der Waals surface area contributed by atoms with Gasteiger partial charge in [0.2, 0.25) is 29.5 Å².